The van der Waals surface area contributed by atoms with Crippen molar-refractivity contribution in [2.45, 2.75) is 31.2 Å². The maximum atomic E-state index is 13.1. The highest BCUT2D eigenvalue weighted by Gasteiger charge is 2.32. The lowest BCUT2D eigenvalue weighted by Crippen LogP contribution is -2.33. The Kier molecular flexibility index (Phi) is 6.57. The molecule has 1 unspecified atom stereocenters. The molecule has 1 heterocycles. The fourth-order valence-electron chi connectivity index (χ4n) is 2.22. The summed E-state index contributed by atoms with van der Waals surface area (Å²) in [4.78, 5) is 19.3. The summed E-state index contributed by atoms with van der Waals surface area (Å²) < 4.78 is 51.0. The molecule has 2 aromatic rings. The molecule has 4 nitrogen and oxygen atoms in total. The standard InChI is InChI=1S/C17H17F4N3OS/c1-10(2)15(11-3-5-12(18)6-4-11)24-14(25)9-26-16-22-8-7-13(23-16)17(19,20)21/h3-8,10,15H,9H2,1-2H3,(H,24,25). The molecule has 0 saturated heterocycles. The van der Waals surface area contributed by atoms with Gasteiger partial charge in [0.25, 0.3) is 0 Å². The van der Waals surface area contributed by atoms with Crippen molar-refractivity contribution in [3.63, 3.8) is 0 Å². The summed E-state index contributed by atoms with van der Waals surface area (Å²) in [7, 11) is 0. The second-order valence-corrected chi connectivity index (χ2v) is 6.79. The zero-order valence-corrected chi connectivity index (χ0v) is 14.9. The summed E-state index contributed by atoms with van der Waals surface area (Å²) in [5.41, 5.74) is -0.308. The van der Waals surface area contributed by atoms with Crippen molar-refractivity contribution in [2.24, 2.45) is 5.92 Å². The van der Waals surface area contributed by atoms with Gasteiger partial charge in [-0.05, 0) is 29.7 Å². The molecule has 0 radical (unpaired) electrons. The summed E-state index contributed by atoms with van der Waals surface area (Å²) in [5, 5.41) is 2.68. The lowest BCUT2D eigenvalue weighted by molar-refractivity contribution is -0.141. The maximum Gasteiger partial charge on any atom is 0.433 e. The van der Waals surface area contributed by atoms with Crippen molar-refractivity contribution < 1.29 is 22.4 Å². The quantitative estimate of drug-likeness (QED) is 0.458. The Hall–Kier alpha value is -2.16. The summed E-state index contributed by atoms with van der Waals surface area (Å²) in [6.45, 7) is 3.80. The van der Waals surface area contributed by atoms with E-state index in [2.05, 4.69) is 15.3 Å². The molecular formula is C17H17F4N3OS. The number of rotatable bonds is 6. The maximum absolute atomic E-state index is 13.1. The van der Waals surface area contributed by atoms with Crippen LogP contribution in [0.2, 0.25) is 0 Å². The lowest BCUT2D eigenvalue weighted by Gasteiger charge is -2.23. The van der Waals surface area contributed by atoms with Crippen LogP contribution in [-0.2, 0) is 11.0 Å². The van der Waals surface area contributed by atoms with Gasteiger partial charge in [-0.15, -0.1) is 0 Å². The third kappa shape index (κ3) is 5.69. The molecule has 0 bridgehead atoms. The predicted octanol–water partition coefficient (Wildman–Crippen LogP) is 4.24. The van der Waals surface area contributed by atoms with Crippen LogP contribution in [0.3, 0.4) is 0 Å². The molecule has 0 saturated carbocycles. The van der Waals surface area contributed by atoms with Crippen LogP contribution in [0.15, 0.2) is 41.7 Å². The first-order chi connectivity index (χ1) is 12.2. The highest BCUT2D eigenvalue weighted by Crippen LogP contribution is 2.28. The molecule has 0 aliphatic rings. The Labute approximate surface area is 152 Å². The molecule has 0 spiro atoms. The van der Waals surface area contributed by atoms with Crippen LogP contribution in [0.4, 0.5) is 17.6 Å². The molecule has 1 atom stereocenters. The van der Waals surface area contributed by atoms with Crippen LogP contribution in [-0.4, -0.2) is 21.6 Å². The number of halogens is 4. The number of aromatic nitrogens is 2. The summed E-state index contributed by atoms with van der Waals surface area (Å²) in [6.07, 6.45) is -3.56. The number of alkyl halides is 3. The van der Waals surface area contributed by atoms with Gasteiger partial charge in [0.2, 0.25) is 5.91 Å². The van der Waals surface area contributed by atoms with Crippen molar-refractivity contribution in [1.29, 1.82) is 0 Å². The van der Waals surface area contributed by atoms with Crippen LogP contribution >= 0.6 is 11.8 Å². The highest BCUT2D eigenvalue weighted by molar-refractivity contribution is 7.99. The average Bonchev–Trinajstić information content (AvgIpc) is 2.58. The normalized spacial score (nSPS) is 12.9. The second-order valence-electron chi connectivity index (χ2n) is 5.85. The van der Waals surface area contributed by atoms with E-state index >= 15 is 0 Å². The monoisotopic (exact) mass is 387 g/mol. The number of hydrogen-bond donors (Lipinski definition) is 1. The molecule has 1 aromatic heterocycles. The third-order valence-corrected chi connectivity index (χ3v) is 4.33. The smallest absolute Gasteiger partial charge is 0.348 e. The Bertz CT molecular complexity index is 750. The van der Waals surface area contributed by atoms with Crippen molar-refractivity contribution in [3.05, 3.63) is 53.6 Å². The van der Waals surface area contributed by atoms with E-state index in [1.807, 2.05) is 13.8 Å². The van der Waals surface area contributed by atoms with Crippen molar-refractivity contribution in [2.75, 3.05) is 5.75 Å². The molecule has 1 aromatic carbocycles. The van der Waals surface area contributed by atoms with Crippen molar-refractivity contribution in [3.8, 4) is 0 Å². The molecule has 26 heavy (non-hydrogen) atoms. The van der Waals surface area contributed by atoms with Gasteiger partial charge in [-0.25, -0.2) is 14.4 Å². The van der Waals surface area contributed by atoms with Gasteiger partial charge < -0.3 is 5.32 Å². The minimum Gasteiger partial charge on any atom is -0.348 e. The predicted molar refractivity (Wildman–Crippen MR) is 89.9 cm³/mol. The number of benzene rings is 1. The largest absolute Gasteiger partial charge is 0.433 e. The van der Waals surface area contributed by atoms with Gasteiger partial charge in [-0.2, -0.15) is 13.2 Å². The SMILES string of the molecule is CC(C)C(NC(=O)CSc1nccc(C(F)(F)F)n1)c1ccc(F)cc1. The van der Waals surface area contributed by atoms with Crippen LogP contribution in [0.25, 0.3) is 0 Å². The zero-order valence-electron chi connectivity index (χ0n) is 14.0. The fourth-order valence-corrected chi connectivity index (χ4v) is 2.86. The molecule has 1 amide bonds. The minimum absolute atomic E-state index is 0.0409. The van der Waals surface area contributed by atoms with Crippen LogP contribution in [0, 0.1) is 11.7 Å². The number of carbonyl (C=O) groups is 1. The van der Waals surface area contributed by atoms with E-state index in [4.69, 9.17) is 0 Å². The van der Waals surface area contributed by atoms with Crippen LogP contribution in [0.5, 0.6) is 0 Å². The zero-order chi connectivity index (χ0) is 19.3. The Balaban J connectivity index is 2.00. The average molecular weight is 387 g/mol. The van der Waals surface area contributed by atoms with E-state index in [1.54, 1.807) is 12.1 Å². The highest BCUT2D eigenvalue weighted by atomic mass is 32.2. The fraction of sp³-hybridized carbons (Fsp3) is 0.353. The molecular weight excluding hydrogens is 370 g/mol. The van der Waals surface area contributed by atoms with E-state index in [1.165, 1.54) is 12.1 Å². The second kappa shape index (κ2) is 8.48. The number of nitrogens with zero attached hydrogens (tertiary/aromatic N) is 2. The molecule has 9 heteroatoms. The first-order valence-corrected chi connectivity index (χ1v) is 8.73. The molecule has 0 aliphatic carbocycles. The third-order valence-electron chi connectivity index (χ3n) is 3.47. The number of amides is 1. The van der Waals surface area contributed by atoms with Crippen molar-refractivity contribution >= 4 is 17.7 Å². The number of thioether (sulfide) groups is 1. The Morgan fingerprint density at radius 1 is 1.19 bits per heavy atom. The van der Waals surface area contributed by atoms with E-state index in [0.29, 0.717) is 0 Å². The van der Waals surface area contributed by atoms with Gasteiger partial charge in [-0.3, -0.25) is 4.79 Å². The summed E-state index contributed by atoms with van der Waals surface area (Å²) in [5.74, 6) is -0.843. The van der Waals surface area contributed by atoms with Gasteiger partial charge >= 0.3 is 6.18 Å². The number of nitrogens with one attached hydrogen (secondary N) is 1. The Morgan fingerprint density at radius 3 is 2.42 bits per heavy atom. The summed E-state index contributed by atoms with van der Waals surface area (Å²) in [6, 6.07) is 6.22. The minimum atomic E-state index is -4.56. The van der Waals surface area contributed by atoms with Gasteiger partial charge in [0, 0.05) is 6.20 Å². The lowest BCUT2D eigenvalue weighted by atomic mass is 9.96. The van der Waals surface area contributed by atoms with Gasteiger partial charge in [0.05, 0.1) is 11.8 Å². The van der Waals surface area contributed by atoms with E-state index in [0.717, 1.165) is 29.6 Å². The molecule has 1 N–H and O–H groups in total. The topological polar surface area (TPSA) is 54.9 Å². The van der Waals surface area contributed by atoms with Gasteiger partial charge in [0.1, 0.15) is 11.5 Å². The first kappa shape index (κ1) is 20.2. The van der Waals surface area contributed by atoms with E-state index < -0.39 is 11.9 Å². The first-order valence-electron chi connectivity index (χ1n) is 7.74. The summed E-state index contributed by atoms with van der Waals surface area (Å²) >= 11 is 0.816. The number of carbonyl (C=O) groups excluding carboxylic acids is 1. The van der Waals surface area contributed by atoms with Crippen LogP contribution < -0.4 is 5.32 Å². The molecule has 140 valence electrons. The molecule has 2 rings (SSSR count). The van der Waals surface area contributed by atoms with Gasteiger partial charge in [-0.1, -0.05) is 37.7 Å². The van der Waals surface area contributed by atoms with E-state index in [9.17, 15) is 22.4 Å². The molecule has 0 aliphatic heterocycles. The number of hydrogen-bond acceptors (Lipinski definition) is 4. The van der Waals surface area contributed by atoms with Crippen LogP contribution in [0.1, 0.15) is 31.1 Å². The Morgan fingerprint density at radius 2 is 1.85 bits per heavy atom. The van der Waals surface area contributed by atoms with E-state index in [-0.39, 0.29) is 34.6 Å². The molecule has 0 fully saturated rings. The van der Waals surface area contributed by atoms with Gasteiger partial charge in [0.15, 0.2) is 5.16 Å². The van der Waals surface area contributed by atoms with Crippen molar-refractivity contribution in [1.82, 2.24) is 15.3 Å².